The van der Waals surface area contributed by atoms with Gasteiger partial charge in [0.25, 0.3) is 5.91 Å². The zero-order chi connectivity index (χ0) is 16.4. The van der Waals surface area contributed by atoms with Gasteiger partial charge in [-0.3, -0.25) is 4.79 Å². The molecule has 2 heterocycles. The smallest absolute Gasteiger partial charge is 0.255 e. The largest absolute Gasteiger partial charge is 0.337 e. The van der Waals surface area contributed by atoms with Crippen LogP contribution in [-0.4, -0.2) is 28.0 Å². The van der Waals surface area contributed by atoms with Gasteiger partial charge in [-0.15, -0.1) is 11.3 Å². The molecule has 23 heavy (non-hydrogen) atoms. The second-order valence-electron chi connectivity index (χ2n) is 4.77. The molecule has 0 saturated carbocycles. The highest BCUT2D eigenvalue weighted by Gasteiger charge is 2.18. The number of halogens is 2. The molecule has 1 amide bonds. The maximum absolute atomic E-state index is 12.4. The van der Waals surface area contributed by atoms with Crippen molar-refractivity contribution < 1.29 is 9.32 Å². The molecule has 5 nitrogen and oxygen atoms in total. The molecule has 0 aliphatic carbocycles. The lowest BCUT2D eigenvalue weighted by Gasteiger charge is -2.15. The van der Waals surface area contributed by atoms with Crippen molar-refractivity contribution in [3.63, 3.8) is 0 Å². The number of thiophene rings is 1. The molecule has 0 saturated heterocycles. The summed E-state index contributed by atoms with van der Waals surface area (Å²) in [5, 5.41) is 6.63. The molecule has 0 bridgehead atoms. The van der Waals surface area contributed by atoms with Crippen LogP contribution in [0.3, 0.4) is 0 Å². The Morgan fingerprint density at radius 1 is 1.35 bits per heavy atom. The highest BCUT2D eigenvalue weighted by atomic mass is 35.5. The van der Waals surface area contributed by atoms with Crippen LogP contribution in [0.15, 0.2) is 40.2 Å². The Hall–Kier alpha value is -1.89. The third-order valence-electron chi connectivity index (χ3n) is 3.09. The number of nitrogens with zero attached hydrogens (tertiary/aromatic N) is 3. The van der Waals surface area contributed by atoms with E-state index in [0.29, 0.717) is 27.3 Å². The van der Waals surface area contributed by atoms with Crippen molar-refractivity contribution in [3.8, 4) is 10.7 Å². The zero-order valence-corrected chi connectivity index (χ0v) is 14.3. The number of aromatic nitrogens is 2. The summed E-state index contributed by atoms with van der Waals surface area (Å²) >= 11 is 13.4. The molecule has 3 rings (SSSR count). The minimum absolute atomic E-state index is 0.191. The topological polar surface area (TPSA) is 59.2 Å². The van der Waals surface area contributed by atoms with Gasteiger partial charge in [0.15, 0.2) is 0 Å². The van der Waals surface area contributed by atoms with Crippen molar-refractivity contribution in [1.82, 2.24) is 15.0 Å². The summed E-state index contributed by atoms with van der Waals surface area (Å²) in [6, 6.07) is 8.56. The maximum atomic E-state index is 12.4. The van der Waals surface area contributed by atoms with Gasteiger partial charge >= 0.3 is 0 Å². The zero-order valence-electron chi connectivity index (χ0n) is 12.0. The van der Waals surface area contributed by atoms with E-state index < -0.39 is 0 Å². The third-order valence-corrected chi connectivity index (χ3v) is 4.50. The van der Waals surface area contributed by atoms with Crippen LogP contribution < -0.4 is 0 Å². The molecule has 1 aromatic carbocycles. The number of amides is 1. The SMILES string of the molecule is CN(Cc1nc(-c2cccs2)no1)C(=O)c1ccc(Cl)cc1Cl. The Bertz CT molecular complexity index is 833. The monoisotopic (exact) mass is 367 g/mol. The van der Waals surface area contributed by atoms with Crippen molar-refractivity contribution in [2.75, 3.05) is 7.05 Å². The normalized spacial score (nSPS) is 10.7. The van der Waals surface area contributed by atoms with Gasteiger partial charge in [0.2, 0.25) is 11.7 Å². The molecular formula is C15H11Cl2N3O2S. The second kappa shape index (κ2) is 6.70. The highest BCUT2D eigenvalue weighted by Crippen LogP contribution is 2.24. The number of hydrogen-bond donors (Lipinski definition) is 0. The van der Waals surface area contributed by atoms with Gasteiger partial charge in [-0.1, -0.05) is 34.4 Å². The van der Waals surface area contributed by atoms with Crippen LogP contribution >= 0.6 is 34.5 Å². The molecule has 0 aliphatic heterocycles. The van der Waals surface area contributed by atoms with E-state index in [1.807, 2.05) is 17.5 Å². The van der Waals surface area contributed by atoms with Crippen LogP contribution in [0.5, 0.6) is 0 Å². The van der Waals surface area contributed by atoms with Crippen molar-refractivity contribution in [1.29, 1.82) is 0 Å². The van der Waals surface area contributed by atoms with Crippen molar-refractivity contribution in [3.05, 3.63) is 57.2 Å². The Balaban J connectivity index is 1.74. The lowest BCUT2D eigenvalue weighted by molar-refractivity contribution is 0.0770. The minimum atomic E-state index is -0.248. The van der Waals surface area contributed by atoms with Gasteiger partial charge in [0.05, 0.1) is 22.0 Å². The van der Waals surface area contributed by atoms with Crippen molar-refractivity contribution in [2.24, 2.45) is 0 Å². The molecule has 3 aromatic rings. The van der Waals surface area contributed by atoms with Crippen LogP contribution in [0, 0.1) is 0 Å². The van der Waals surface area contributed by atoms with Gasteiger partial charge < -0.3 is 9.42 Å². The van der Waals surface area contributed by atoms with E-state index in [0.717, 1.165) is 4.88 Å². The summed E-state index contributed by atoms with van der Waals surface area (Å²) < 4.78 is 5.19. The Morgan fingerprint density at radius 2 is 2.17 bits per heavy atom. The van der Waals surface area contributed by atoms with Crippen LogP contribution in [0.2, 0.25) is 10.0 Å². The fraction of sp³-hybridized carbons (Fsp3) is 0.133. The number of benzene rings is 1. The Morgan fingerprint density at radius 3 is 2.87 bits per heavy atom. The Kier molecular flexibility index (Phi) is 4.66. The first-order valence-electron chi connectivity index (χ1n) is 6.61. The first kappa shape index (κ1) is 16.0. The fourth-order valence-corrected chi connectivity index (χ4v) is 3.11. The molecule has 0 spiro atoms. The number of carbonyl (C=O) groups excluding carboxylic acids is 1. The van der Waals surface area contributed by atoms with Crippen LogP contribution in [0.4, 0.5) is 0 Å². The first-order chi connectivity index (χ1) is 11.0. The van der Waals surface area contributed by atoms with E-state index in [1.54, 1.807) is 19.2 Å². The average Bonchev–Trinajstić information content (AvgIpc) is 3.17. The van der Waals surface area contributed by atoms with Gasteiger partial charge in [0, 0.05) is 12.1 Å². The summed E-state index contributed by atoms with van der Waals surface area (Å²) in [6.07, 6.45) is 0. The maximum Gasteiger partial charge on any atom is 0.255 e. The van der Waals surface area contributed by atoms with E-state index >= 15 is 0 Å². The predicted molar refractivity (Wildman–Crippen MR) is 89.9 cm³/mol. The van der Waals surface area contributed by atoms with Gasteiger partial charge in [-0.2, -0.15) is 4.98 Å². The van der Waals surface area contributed by atoms with Gasteiger partial charge in [-0.05, 0) is 29.6 Å². The van der Waals surface area contributed by atoms with E-state index in [1.165, 1.54) is 22.3 Å². The van der Waals surface area contributed by atoms with Gasteiger partial charge in [0.1, 0.15) is 0 Å². The molecule has 0 fully saturated rings. The predicted octanol–water partition coefficient (Wildman–Crippen LogP) is 4.38. The van der Waals surface area contributed by atoms with Crippen molar-refractivity contribution >= 4 is 40.4 Å². The Labute approximate surface area is 146 Å². The molecule has 8 heteroatoms. The standard InChI is InChI=1S/C15H11Cl2N3O2S/c1-20(15(21)10-5-4-9(16)7-11(10)17)8-13-18-14(19-22-13)12-3-2-6-23-12/h2-7H,8H2,1H3. The molecule has 0 radical (unpaired) electrons. The van der Waals surface area contributed by atoms with Crippen LogP contribution in [0.1, 0.15) is 16.2 Å². The number of rotatable bonds is 4. The van der Waals surface area contributed by atoms with E-state index in [9.17, 15) is 4.79 Å². The van der Waals surface area contributed by atoms with Crippen LogP contribution in [-0.2, 0) is 6.54 Å². The van der Waals surface area contributed by atoms with Crippen molar-refractivity contribution in [2.45, 2.75) is 6.54 Å². The summed E-state index contributed by atoms with van der Waals surface area (Å²) in [4.78, 5) is 19.1. The number of carbonyl (C=O) groups is 1. The van der Waals surface area contributed by atoms with Crippen LogP contribution in [0.25, 0.3) is 10.7 Å². The molecular weight excluding hydrogens is 357 g/mol. The summed E-state index contributed by atoms with van der Waals surface area (Å²) in [7, 11) is 1.64. The minimum Gasteiger partial charge on any atom is -0.337 e. The quantitative estimate of drug-likeness (QED) is 0.686. The fourth-order valence-electron chi connectivity index (χ4n) is 1.97. The second-order valence-corrected chi connectivity index (χ2v) is 6.57. The molecule has 0 aliphatic rings. The molecule has 0 atom stereocenters. The average molecular weight is 368 g/mol. The van der Waals surface area contributed by atoms with E-state index in [-0.39, 0.29) is 12.5 Å². The lowest BCUT2D eigenvalue weighted by Crippen LogP contribution is -2.26. The van der Waals surface area contributed by atoms with E-state index in [2.05, 4.69) is 10.1 Å². The molecule has 2 aromatic heterocycles. The number of hydrogen-bond acceptors (Lipinski definition) is 5. The van der Waals surface area contributed by atoms with Gasteiger partial charge in [-0.25, -0.2) is 0 Å². The third kappa shape index (κ3) is 3.55. The highest BCUT2D eigenvalue weighted by molar-refractivity contribution is 7.13. The lowest BCUT2D eigenvalue weighted by atomic mass is 10.2. The summed E-state index contributed by atoms with van der Waals surface area (Å²) in [5.74, 6) is 0.622. The molecule has 0 unspecified atom stereocenters. The first-order valence-corrected chi connectivity index (χ1v) is 8.25. The molecule has 118 valence electrons. The summed E-state index contributed by atoms with van der Waals surface area (Å²) in [6.45, 7) is 0.191. The summed E-state index contributed by atoms with van der Waals surface area (Å²) in [5.41, 5.74) is 0.372. The molecule has 0 N–H and O–H groups in total. The van der Waals surface area contributed by atoms with E-state index in [4.69, 9.17) is 27.7 Å².